The summed E-state index contributed by atoms with van der Waals surface area (Å²) < 4.78 is 76.2. The summed E-state index contributed by atoms with van der Waals surface area (Å²) in [6.45, 7) is 50.1. The molecular formula is C69H106N8O6P4. The Morgan fingerprint density at radius 2 is 0.644 bits per heavy atom. The maximum atomic E-state index is 13.9. The minimum Gasteiger partial charge on any atom is -0.497 e. The Bertz CT molecular complexity index is 3280. The highest BCUT2D eigenvalue weighted by molar-refractivity contribution is 7.67. The van der Waals surface area contributed by atoms with Crippen molar-refractivity contribution < 1.29 is 27.7 Å². The SMILES string of the molecule is C.CC(C)(C)N1CCN(C(C)(C)C)P1(C)=O.COc1ccc(N2CCN(c3ccc(OC)cc3)P2(C)=O)cc1.Cc1cc(C)c(N2CCN(c3c(C)cc(C)cc3C)P2(C)=O)c(C)c1.Cc1cc(C)c(NP(C)(=O)Nc2c(C)cc(C)cc2C)c(C)c1. The Labute approximate surface area is 525 Å². The average molecular weight is 1270 g/mol. The Kier molecular flexibility index (Phi) is 23.4. The van der Waals surface area contributed by atoms with Crippen LogP contribution in [0.1, 0.15) is 116 Å². The monoisotopic (exact) mass is 1270 g/mol. The highest BCUT2D eigenvalue weighted by Crippen LogP contribution is 2.61. The molecule has 3 aliphatic heterocycles. The number of nitrogens with zero attached hydrogens (tertiary/aromatic N) is 6. The molecule has 0 bridgehead atoms. The Morgan fingerprint density at radius 3 is 0.885 bits per heavy atom. The van der Waals surface area contributed by atoms with Gasteiger partial charge in [-0.2, -0.15) is 0 Å². The predicted molar refractivity (Wildman–Crippen MR) is 379 cm³/mol. The number of nitrogens with one attached hydrogen (secondary N) is 2. The molecule has 3 aliphatic rings. The zero-order valence-electron chi connectivity index (χ0n) is 56.4. The van der Waals surface area contributed by atoms with E-state index < -0.39 is 29.8 Å². The topological polar surface area (TPSA) is 130 Å². The van der Waals surface area contributed by atoms with Gasteiger partial charge in [-0.05, 0) is 218 Å². The predicted octanol–water partition coefficient (Wildman–Crippen LogP) is 19.1. The van der Waals surface area contributed by atoms with Crippen LogP contribution in [0.4, 0.5) is 34.1 Å². The summed E-state index contributed by atoms with van der Waals surface area (Å²) in [6.07, 6.45) is 0. The first kappa shape index (κ1) is 72.3. The average Bonchev–Trinajstić information content (AvgIpc) is 1.70. The summed E-state index contributed by atoms with van der Waals surface area (Å²) >= 11 is 0. The van der Waals surface area contributed by atoms with Crippen molar-refractivity contribution in [2.45, 2.75) is 143 Å². The molecule has 0 unspecified atom stereocenters. The van der Waals surface area contributed by atoms with E-state index in [1.54, 1.807) is 20.9 Å². The van der Waals surface area contributed by atoms with Crippen molar-refractivity contribution in [2.24, 2.45) is 0 Å². The highest BCUT2D eigenvalue weighted by Gasteiger charge is 2.48. The lowest BCUT2D eigenvalue weighted by atomic mass is 10.0. The second kappa shape index (κ2) is 28.2. The first-order valence-electron chi connectivity index (χ1n) is 29.9. The maximum Gasteiger partial charge on any atom is 0.260 e. The van der Waals surface area contributed by atoms with Gasteiger partial charge in [-0.3, -0.25) is 18.3 Å². The van der Waals surface area contributed by atoms with Crippen LogP contribution in [0.15, 0.2) is 97.1 Å². The third-order valence-corrected chi connectivity index (χ3v) is 26.3. The molecule has 14 nitrogen and oxygen atoms in total. The minimum absolute atomic E-state index is 0. The fraction of sp³-hybridized carbons (Fsp3) is 0.478. The van der Waals surface area contributed by atoms with Crippen molar-refractivity contribution in [1.82, 2.24) is 9.34 Å². The largest absolute Gasteiger partial charge is 0.497 e. The van der Waals surface area contributed by atoms with Gasteiger partial charge >= 0.3 is 0 Å². The van der Waals surface area contributed by atoms with Gasteiger partial charge in [0.05, 0.1) is 14.2 Å². The van der Waals surface area contributed by atoms with Crippen LogP contribution in [0.25, 0.3) is 0 Å². The molecule has 0 spiro atoms. The summed E-state index contributed by atoms with van der Waals surface area (Å²) in [5.41, 5.74) is 20.3. The summed E-state index contributed by atoms with van der Waals surface area (Å²) in [5, 5.41) is 6.49. The number of hydrogen-bond donors (Lipinski definition) is 2. The quantitative estimate of drug-likeness (QED) is 0.126. The Morgan fingerprint density at radius 1 is 0.402 bits per heavy atom. The maximum absolute atomic E-state index is 13.9. The molecule has 3 fully saturated rings. The molecular weight excluding hydrogens is 1160 g/mol. The van der Waals surface area contributed by atoms with Crippen molar-refractivity contribution in [3.63, 3.8) is 0 Å². The molecule has 0 aliphatic carbocycles. The summed E-state index contributed by atoms with van der Waals surface area (Å²) in [5.74, 6) is 1.59. The van der Waals surface area contributed by atoms with Crippen molar-refractivity contribution in [2.75, 3.05) is 109 Å². The Balaban J connectivity index is 0.000000214. The zero-order chi connectivity index (χ0) is 64.4. The Hall–Kier alpha value is -5.44. The molecule has 3 heterocycles. The molecule has 0 atom stereocenters. The lowest BCUT2D eigenvalue weighted by Crippen LogP contribution is -2.39. The lowest BCUT2D eigenvalue weighted by molar-refractivity contribution is 0.269. The van der Waals surface area contributed by atoms with Gasteiger partial charge in [0.2, 0.25) is 7.44 Å². The molecule has 2 N–H and O–H groups in total. The number of benzene rings is 6. The minimum atomic E-state index is -2.77. The zero-order valence-corrected chi connectivity index (χ0v) is 60.0. The van der Waals surface area contributed by atoms with Crippen LogP contribution in [0.2, 0.25) is 0 Å². The van der Waals surface area contributed by atoms with E-state index in [2.05, 4.69) is 174 Å². The van der Waals surface area contributed by atoms with Crippen molar-refractivity contribution in [3.8, 4) is 11.5 Å². The molecule has 0 radical (unpaired) electrons. The fourth-order valence-corrected chi connectivity index (χ4v) is 22.9. The van der Waals surface area contributed by atoms with Crippen LogP contribution in [0.5, 0.6) is 11.5 Å². The van der Waals surface area contributed by atoms with Crippen LogP contribution in [-0.4, -0.2) is 101 Å². The second-order valence-electron chi connectivity index (χ2n) is 26.2. The van der Waals surface area contributed by atoms with Gasteiger partial charge < -0.3 is 38.3 Å². The first-order valence-corrected chi connectivity index (χ1v) is 38.2. The summed E-state index contributed by atoms with van der Waals surface area (Å²) in [7, 11) is -7.18. The molecule has 9 rings (SSSR count). The molecule has 3 saturated heterocycles. The first-order chi connectivity index (χ1) is 39.7. The number of hydrogen-bond acceptors (Lipinski definition) is 6. The number of ether oxygens (including phenoxy) is 2. The van der Waals surface area contributed by atoms with Crippen molar-refractivity contribution >= 4 is 63.9 Å². The molecule has 18 heteroatoms. The standard InChI is InChI=1S/C21H29N2OP.C19H27N2OP.C17H21N2O3P.C11H25N2OP.CH4/c1-14-10-16(3)20(17(4)11-14)22-8-9-23(25(22,7)24)21-18(5)12-15(2)13-19(21)6;1-12-8-14(3)18(15(4)9-12)20-23(7,22)21-19-16(5)10-13(2)11-17(19)6;1-21-16-8-4-14(5-9-16)18-12-13-19(23(18,3)20)15-6-10-17(22-2)11-7-15;1-10(2,3)12-8-9-13(11(4,5)6)15(12,7)14;/h10-13H,8-9H2,1-7H3;8-11H,1-7H3,(H2,20,21,22);4-11H,12-13H2,1-3H3;8-9H2,1-7H3;1H4. The van der Waals surface area contributed by atoms with E-state index in [1.165, 1.54) is 44.5 Å². The van der Waals surface area contributed by atoms with Crippen molar-refractivity contribution in [1.29, 1.82) is 0 Å². The number of methoxy groups -OCH3 is 2. The number of anilines is 6. The molecule has 478 valence electrons. The summed E-state index contributed by atoms with van der Waals surface area (Å²) in [6, 6.07) is 32.6. The highest BCUT2D eigenvalue weighted by atomic mass is 31.2. The van der Waals surface area contributed by atoms with Gasteiger partial charge in [0.25, 0.3) is 22.3 Å². The normalized spacial score (nSPS) is 16.4. The third-order valence-electron chi connectivity index (χ3n) is 16.3. The van der Waals surface area contributed by atoms with E-state index in [-0.39, 0.29) is 18.5 Å². The number of rotatable bonds is 10. The molecule has 0 saturated carbocycles. The number of aryl methyl sites for hydroxylation is 12. The molecule has 6 aromatic carbocycles. The van der Waals surface area contributed by atoms with E-state index in [1.807, 2.05) is 106 Å². The molecule has 6 aromatic rings. The summed E-state index contributed by atoms with van der Waals surface area (Å²) in [4.78, 5) is 0. The third kappa shape index (κ3) is 16.9. The molecule has 0 amide bonds. The fourth-order valence-electron chi connectivity index (χ4n) is 13.0. The molecule has 0 aromatic heterocycles. The van der Waals surface area contributed by atoms with Crippen LogP contribution in [0.3, 0.4) is 0 Å². The lowest BCUT2D eigenvalue weighted by Gasteiger charge is -2.40. The van der Waals surface area contributed by atoms with Gasteiger partial charge in [0.1, 0.15) is 11.5 Å². The van der Waals surface area contributed by atoms with Gasteiger partial charge in [0.15, 0.2) is 0 Å². The van der Waals surface area contributed by atoms with E-state index in [0.29, 0.717) is 0 Å². The van der Waals surface area contributed by atoms with Gasteiger partial charge in [-0.15, -0.1) is 0 Å². The smallest absolute Gasteiger partial charge is 0.260 e. The van der Waals surface area contributed by atoms with E-state index in [4.69, 9.17) is 9.47 Å². The van der Waals surface area contributed by atoms with E-state index >= 15 is 0 Å². The van der Waals surface area contributed by atoms with Gasteiger partial charge in [-0.25, -0.2) is 9.34 Å². The van der Waals surface area contributed by atoms with Gasteiger partial charge in [0, 0.05) is 111 Å². The van der Waals surface area contributed by atoms with Crippen molar-refractivity contribution in [3.05, 3.63) is 164 Å². The van der Waals surface area contributed by atoms with Crippen LogP contribution >= 0.6 is 29.8 Å². The molecule has 87 heavy (non-hydrogen) atoms. The van der Waals surface area contributed by atoms with Crippen LogP contribution in [0, 0.1) is 83.1 Å². The van der Waals surface area contributed by atoms with Crippen LogP contribution in [-0.2, 0) is 18.3 Å². The van der Waals surface area contributed by atoms with E-state index in [0.717, 1.165) is 107 Å². The second-order valence-corrected chi connectivity index (χ2v) is 36.4. The van der Waals surface area contributed by atoms with E-state index in [9.17, 15) is 18.3 Å². The van der Waals surface area contributed by atoms with Gasteiger partial charge in [-0.1, -0.05) is 78.2 Å². The van der Waals surface area contributed by atoms with Crippen LogP contribution < -0.4 is 38.3 Å².